The third kappa shape index (κ3) is 3.10. The van der Waals surface area contributed by atoms with Crippen LogP contribution in [0.15, 0.2) is 41.1 Å². The molecule has 1 aliphatic rings. The maximum atomic E-state index is 12.0. The average molecular weight is 285 g/mol. The van der Waals surface area contributed by atoms with Gasteiger partial charge in [0.15, 0.2) is 0 Å². The van der Waals surface area contributed by atoms with Gasteiger partial charge in [0, 0.05) is 19.5 Å². The highest BCUT2D eigenvalue weighted by atomic mass is 32.1. The molecule has 0 N–H and O–H groups in total. The highest BCUT2D eigenvalue weighted by Crippen LogP contribution is 2.22. The second-order valence-electron chi connectivity index (χ2n) is 5.30. The molecule has 0 unspecified atom stereocenters. The molecule has 0 spiro atoms. The Kier molecular flexibility index (Phi) is 4.16. The molecule has 0 radical (unpaired) electrons. The van der Waals surface area contributed by atoms with E-state index in [2.05, 4.69) is 41.1 Å². The van der Waals surface area contributed by atoms with Gasteiger partial charge in [-0.15, -0.1) is 0 Å². The topological polar surface area (TPSA) is 20.3 Å². The number of carbonyl (C=O) groups is 1. The molecule has 1 amide bonds. The van der Waals surface area contributed by atoms with Crippen LogP contribution in [0.3, 0.4) is 0 Å². The van der Waals surface area contributed by atoms with Crippen LogP contribution in [0, 0.1) is 0 Å². The number of hydrogen-bond acceptors (Lipinski definition) is 2. The van der Waals surface area contributed by atoms with Crippen molar-refractivity contribution in [2.45, 2.75) is 25.7 Å². The molecule has 3 rings (SSSR count). The summed E-state index contributed by atoms with van der Waals surface area (Å²) in [6.07, 6.45) is 3.82. The summed E-state index contributed by atoms with van der Waals surface area (Å²) >= 11 is 1.72. The number of amides is 1. The maximum absolute atomic E-state index is 12.0. The van der Waals surface area contributed by atoms with Crippen LogP contribution in [0.4, 0.5) is 0 Å². The smallest absolute Gasteiger partial charge is 0.222 e. The van der Waals surface area contributed by atoms with Gasteiger partial charge in [-0.25, -0.2) is 0 Å². The van der Waals surface area contributed by atoms with E-state index in [1.807, 2.05) is 4.90 Å². The SMILES string of the molecule is O=C(CCc1ccc(-c2ccsc2)cc1)N1CCCC1. The Morgan fingerprint density at radius 3 is 2.45 bits per heavy atom. The first kappa shape index (κ1) is 13.4. The van der Waals surface area contributed by atoms with Crippen molar-refractivity contribution in [3.05, 3.63) is 46.7 Å². The number of likely N-dealkylation sites (tertiary alicyclic amines) is 1. The van der Waals surface area contributed by atoms with Crippen molar-refractivity contribution in [1.29, 1.82) is 0 Å². The summed E-state index contributed by atoms with van der Waals surface area (Å²) in [5.74, 6) is 0.310. The van der Waals surface area contributed by atoms with Crippen molar-refractivity contribution in [3.63, 3.8) is 0 Å². The zero-order valence-corrected chi connectivity index (χ0v) is 12.4. The minimum Gasteiger partial charge on any atom is -0.343 e. The molecule has 3 heteroatoms. The second kappa shape index (κ2) is 6.23. The number of benzene rings is 1. The van der Waals surface area contributed by atoms with Crippen molar-refractivity contribution in [3.8, 4) is 11.1 Å². The van der Waals surface area contributed by atoms with Crippen LogP contribution in [0.2, 0.25) is 0 Å². The molecule has 0 saturated carbocycles. The zero-order chi connectivity index (χ0) is 13.8. The molecular formula is C17H19NOS. The molecule has 0 bridgehead atoms. The van der Waals surface area contributed by atoms with Crippen molar-refractivity contribution in [2.75, 3.05) is 13.1 Å². The Hall–Kier alpha value is -1.61. The molecule has 1 saturated heterocycles. The minimum atomic E-state index is 0.310. The van der Waals surface area contributed by atoms with Crippen LogP contribution in [-0.4, -0.2) is 23.9 Å². The van der Waals surface area contributed by atoms with Gasteiger partial charge in [0.05, 0.1) is 0 Å². The predicted octanol–water partition coefficient (Wildman–Crippen LogP) is 3.97. The Bertz CT molecular complexity index is 553. The van der Waals surface area contributed by atoms with Gasteiger partial charge in [-0.2, -0.15) is 11.3 Å². The standard InChI is InChI=1S/C17H19NOS/c19-17(18-10-1-2-11-18)8-5-14-3-6-15(7-4-14)16-9-12-20-13-16/h3-4,6-7,9,12-13H,1-2,5,8,10-11H2. The number of aryl methyl sites for hydroxylation is 1. The molecule has 0 atom stereocenters. The monoisotopic (exact) mass is 285 g/mol. The van der Waals surface area contributed by atoms with E-state index in [0.717, 1.165) is 19.5 Å². The Labute approximate surface area is 124 Å². The summed E-state index contributed by atoms with van der Waals surface area (Å²) in [4.78, 5) is 14.0. The van der Waals surface area contributed by atoms with Gasteiger partial charge in [0.25, 0.3) is 0 Å². The van der Waals surface area contributed by atoms with Gasteiger partial charge in [-0.1, -0.05) is 24.3 Å². The first-order chi connectivity index (χ1) is 9.83. The minimum absolute atomic E-state index is 0.310. The Morgan fingerprint density at radius 1 is 1.05 bits per heavy atom. The van der Waals surface area contributed by atoms with Gasteiger partial charge in [0.1, 0.15) is 0 Å². The molecule has 2 heterocycles. The van der Waals surface area contributed by atoms with E-state index in [9.17, 15) is 4.79 Å². The molecule has 1 aromatic carbocycles. The molecule has 20 heavy (non-hydrogen) atoms. The third-order valence-corrected chi connectivity index (χ3v) is 4.58. The van der Waals surface area contributed by atoms with Crippen LogP contribution < -0.4 is 0 Å². The van der Waals surface area contributed by atoms with Gasteiger partial charge in [-0.3, -0.25) is 4.79 Å². The van der Waals surface area contributed by atoms with Crippen molar-refractivity contribution in [1.82, 2.24) is 4.90 Å². The van der Waals surface area contributed by atoms with Gasteiger partial charge >= 0.3 is 0 Å². The first-order valence-electron chi connectivity index (χ1n) is 7.22. The maximum Gasteiger partial charge on any atom is 0.222 e. The van der Waals surface area contributed by atoms with Crippen molar-refractivity contribution >= 4 is 17.2 Å². The van der Waals surface area contributed by atoms with E-state index in [4.69, 9.17) is 0 Å². The van der Waals surface area contributed by atoms with E-state index >= 15 is 0 Å². The van der Waals surface area contributed by atoms with E-state index in [1.54, 1.807) is 11.3 Å². The fraction of sp³-hybridized carbons (Fsp3) is 0.353. The lowest BCUT2D eigenvalue weighted by Crippen LogP contribution is -2.27. The van der Waals surface area contributed by atoms with Crippen LogP contribution in [-0.2, 0) is 11.2 Å². The summed E-state index contributed by atoms with van der Waals surface area (Å²) in [5.41, 5.74) is 3.77. The second-order valence-corrected chi connectivity index (χ2v) is 6.08. The lowest BCUT2D eigenvalue weighted by Gasteiger charge is -2.14. The van der Waals surface area contributed by atoms with Gasteiger partial charge in [0.2, 0.25) is 5.91 Å². The molecule has 2 aromatic rings. The number of thiophene rings is 1. The third-order valence-electron chi connectivity index (χ3n) is 3.89. The number of nitrogens with zero attached hydrogens (tertiary/aromatic N) is 1. The van der Waals surface area contributed by atoms with E-state index in [-0.39, 0.29) is 0 Å². The molecule has 1 aromatic heterocycles. The fourth-order valence-corrected chi connectivity index (χ4v) is 3.33. The number of hydrogen-bond donors (Lipinski definition) is 0. The van der Waals surface area contributed by atoms with Gasteiger partial charge < -0.3 is 4.90 Å². The normalized spacial score (nSPS) is 14.7. The number of carbonyl (C=O) groups excluding carboxylic acids is 1. The molecule has 104 valence electrons. The largest absolute Gasteiger partial charge is 0.343 e. The molecule has 2 nitrogen and oxygen atoms in total. The average Bonchev–Trinajstić information content (AvgIpc) is 3.18. The molecule has 1 fully saturated rings. The molecular weight excluding hydrogens is 266 g/mol. The van der Waals surface area contributed by atoms with Crippen LogP contribution in [0.5, 0.6) is 0 Å². The van der Waals surface area contributed by atoms with E-state index < -0.39 is 0 Å². The van der Waals surface area contributed by atoms with E-state index in [1.165, 1.54) is 29.5 Å². The van der Waals surface area contributed by atoms with Crippen LogP contribution in [0.1, 0.15) is 24.8 Å². The summed E-state index contributed by atoms with van der Waals surface area (Å²) < 4.78 is 0. The summed E-state index contributed by atoms with van der Waals surface area (Å²) in [6, 6.07) is 10.7. The number of rotatable bonds is 4. The summed E-state index contributed by atoms with van der Waals surface area (Å²) in [5, 5.41) is 4.25. The summed E-state index contributed by atoms with van der Waals surface area (Å²) in [7, 11) is 0. The highest BCUT2D eigenvalue weighted by Gasteiger charge is 2.17. The fourth-order valence-electron chi connectivity index (χ4n) is 2.67. The lowest BCUT2D eigenvalue weighted by molar-refractivity contribution is -0.130. The van der Waals surface area contributed by atoms with Crippen molar-refractivity contribution in [2.24, 2.45) is 0 Å². The summed E-state index contributed by atoms with van der Waals surface area (Å²) in [6.45, 7) is 1.91. The molecule has 1 aliphatic heterocycles. The first-order valence-corrected chi connectivity index (χ1v) is 8.16. The van der Waals surface area contributed by atoms with E-state index in [0.29, 0.717) is 12.3 Å². The molecule has 0 aliphatic carbocycles. The quantitative estimate of drug-likeness (QED) is 0.832. The van der Waals surface area contributed by atoms with Crippen molar-refractivity contribution < 1.29 is 4.79 Å². The van der Waals surface area contributed by atoms with Gasteiger partial charge in [-0.05, 0) is 52.8 Å². The lowest BCUT2D eigenvalue weighted by atomic mass is 10.0. The van der Waals surface area contributed by atoms with Crippen LogP contribution >= 0.6 is 11.3 Å². The Balaban J connectivity index is 1.57. The zero-order valence-electron chi connectivity index (χ0n) is 11.5. The highest BCUT2D eigenvalue weighted by molar-refractivity contribution is 7.08. The Morgan fingerprint density at radius 2 is 1.80 bits per heavy atom. The predicted molar refractivity (Wildman–Crippen MR) is 83.9 cm³/mol. The van der Waals surface area contributed by atoms with Crippen LogP contribution in [0.25, 0.3) is 11.1 Å².